The summed E-state index contributed by atoms with van der Waals surface area (Å²) in [5, 5.41) is 3.99. The Morgan fingerprint density at radius 2 is 1.65 bits per heavy atom. The van der Waals surface area contributed by atoms with Gasteiger partial charge in [0.05, 0.1) is 26.9 Å². The number of aromatic nitrogens is 2. The Labute approximate surface area is 116 Å². The molecule has 6 nitrogen and oxygen atoms in total. The van der Waals surface area contributed by atoms with Gasteiger partial charge in [-0.2, -0.15) is 5.10 Å². The molecule has 0 bridgehead atoms. The Morgan fingerprint density at radius 3 is 2.15 bits per heavy atom. The first-order valence-electron chi connectivity index (χ1n) is 5.95. The number of carbonyl (C=O) groups is 1. The smallest absolute Gasteiger partial charge is 0.214 e. The summed E-state index contributed by atoms with van der Waals surface area (Å²) >= 11 is 0. The summed E-state index contributed by atoms with van der Waals surface area (Å²) in [6.07, 6.45) is 1.57. The highest BCUT2D eigenvalue weighted by Crippen LogP contribution is 2.35. The predicted molar refractivity (Wildman–Crippen MR) is 72.7 cm³/mol. The van der Waals surface area contributed by atoms with Gasteiger partial charge in [0.1, 0.15) is 11.4 Å². The van der Waals surface area contributed by atoms with Crippen LogP contribution < -0.4 is 14.2 Å². The minimum Gasteiger partial charge on any atom is -0.496 e. The molecule has 1 aromatic carbocycles. The monoisotopic (exact) mass is 276 g/mol. The SMILES string of the molecule is COc1cc(OC)c(C(=O)c2ccnn2C)cc1OC. The van der Waals surface area contributed by atoms with Gasteiger partial charge in [-0.05, 0) is 12.1 Å². The Morgan fingerprint density at radius 1 is 1.05 bits per heavy atom. The van der Waals surface area contributed by atoms with E-state index in [4.69, 9.17) is 14.2 Å². The second-order valence-corrected chi connectivity index (χ2v) is 4.08. The number of carbonyl (C=O) groups excluding carboxylic acids is 1. The molecule has 20 heavy (non-hydrogen) atoms. The molecule has 0 saturated heterocycles. The number of ether oxygens (including phenoxy) is 3. The van der Waals surface area contributed by atoms with Crippen molar-refractivity contribution in [3.05, 3.63) is 35.7 Å². The molecular formula is C14H16N2O4. The maximum atomic E-state index is 12.5. The molecular weight excluding hydrogens is 260 g/mol. The highest BCUT2D eigenvalue weighted by atomic mass is 16.5. The van der Waals surface area contributed by atoms with E-state index in [0.717, 1.165) is 0 Å². The molecule has 0 fully saturated rings. The minimum absolute atomic E-state index is 0.192. The lowest BCUT2D eigenvalue weighted by Crippen LogP contribution is -2.10. The van der Waals surface area contributed by atoms with Gasteiger partial charge < -0.3 is 14.2 Å². The van der Waals surface area contributed by atoms with Crippen molar-refractivity contribution in [1.29, 1.82) is 0 Å². The molecule has 0 unspecified atom stereocenters. The Kier molecular flexibility index (Phi) is 3.93. The van der Waals surface area contributed by atoms with Crippen LogP contribution in [0.3, 0.4) is 0 Å². The van der Waals surface area contributed by atoms with Crippen LogP contribution >= 0.6 is 0 Å². The number of nitrogens with zero attached hydrogens (tertiary/aromatic N) is 2. The first-order chi connectivity index (χ1) is 9.62. The molecule has 0 aliphatic rings. The van der Waals surface area contributed by atoms with Crippen molar-refractivity contribution < 1.29 is 19.0 Å². The van der Waals surface area contributed by atoms with Crippen molar-refractivity contribution in [2.24, 2.45) is 7.05 Å². The van der Waals surface area contributed by atoms with Crippen molar-refractivity contribution in [2.45, 2.75) is 0 Å². The molecule has 1 aromatic heterocycles. The molecule has 6 heteroatoms. The molecule has 0 radical (unpaired) electrons. The molecule has 0 spiro atoms. The maximum absolute atomic E-state index is 12.5. The fourth-order valence-corrected chi connectivity index (χ4v) is 1.94. The van der Waals surface area contributed by atoms with Gasteiger partial charge in [-0.25, -0.2) is 0 Å². The fourth-order valence-electron chi connectivity index (χ4n) is 1.94. The molecule has 2 rings (SSSR count). The van der Waals surface area contributed by atoms with Crippen molar-refractivity contribution in [3.8, 4) is 17.2 Å². The van der Waals surface area contributed by atoms with E-state index in [0.29, 0.717) is 28.5 Å². The van der Waals surface area contributed by atoms with Gasteiger partial charge in [0, 0.05) is 19.3 Å². The lowest BCUT2D eigenvalue weighted by Gasteiger charge is -2.13. The van der Waals surface area contributed by atoms with Crippen molar-refractivity contribution in [1.82, 2.24) is 9.78 Å². The number of aryl methyl sites for hydroxylation is 1. The number of hydrogen-bond acceptors (Lipinski definition) is 5. The fraction of sp³-hybridized carbons (Fsp3) is 0.286. The maximum Gasteiger partial charge on any atom is 0.214 e. The van der Waals surface area contributed by atoms with Crippen LogP contribution in [0.5, 0.6) is 17.2 Å². The lowest BCUT2D eigenvalue weighted by atomic mass is 10.1. The summed E-state index contributed by atoms with van der Waals surface area (Å²) in [5.41, 5.74) is 0.865. The summed E-state index contributed by atoms with van der Waals surface area (Å²) in [5.74, 6) is 1.21. The standard InChI is InChI=1S/C14H16N2O4/c1-16-10(5-6-15-16)14(17)9-7-12(19-3)13(20-4)8-11(9)18-2/h5-8H,1-4H3. The zero-order valence-corrected chi connectivity index (χ0v) is 11.8. The molecule has 1 heterocycles. The van der Waals surface area contributed by atoms with E-state index in [1.165, 1.54) is 26.0 Å². The third-order valence-corrected chi connectivity index (χ3v) is 3.00. The second-order valence-electron chi connectivity index (χ2n) is 4.08. The normalized spacial score (nSPS) is 10.2. The summed E-state index contributed by atoms with van der Waals surface area (Å²) < 4.78 is 17.2. The largest absolute Gasteiger partial charge is 0.496 e. The molecule has 0 atom stereocenters. The van der Waals surface area contributed by atoms with Crippen molar-refractivity contribution in [2.75, 3.05) is 21.3 Å². The van der Waals surface area contributed by atoms with Gasteiger partial charge in [0.15, 0.2) is 11.5 Å². The second kappa shape index (κ2) is 5.64. The number of ketones is 1. The van der Waals surface area contributed by atoms with Gasteiger partial charge in [-0.3, -0.25) is 9.48 Å². The van der Waals surface area contributed by atoms with Crippen LogP contribution in [-0.4, -0.2) is 36.9 Å². The van der Waals surface area contributed by atoms with Gasteiger partial charge in [0.25, 0.3) is 0 Å². The third kappa shape index (κ3) is 2.32. The minimum atomic E-state index is -0.192. The van der Waals surface area contributed by atoms with Gasteiger partial charge in [-0.15, -0.1) is 0 Å². The molecule has 2 aromatic rings. The lowest BCUT2D eigenvalue weighted by molar-refractivity contribution is 0.102. The predicted octanol–water partition coefficient (Wildman–Crippen LogP) is 1.68. The zero-order chi connectivity index (χ0) is 14.7. The zero-order valence-electron chi connectivity index (χ0n) is 11.8. The molecule has 0 N–H and O–H groups in total. The highest BCUT2D eigenvalue weighted by Gasteiger charge is 2.20. The third-order valence-electron chi connectivity index (χ3n) is 3.00. The van der Waals surface area contributed by atoms with Crippen LogP contribution in [0, 0.1) is 0 Å². The van der Waals surface area contributed by atoms with Crippen LogP contribution in [0.1, 0.15) is 16.1 Å². The van der Waals surface area contributed by atoms with Gasteiger partial charge in [0.2, 0.25) is 5.78 Å². The number of benzene rings is 1. The van der Waals surface area contributed by atoms with E-state index >= 15 is 0 Å². The van der Waals surface area contributed by atoms with Crippen LogP contribution in [0.4, 0.5) is 0 Å². The van der Waals surface area contributed by atoms with E-state index in [-0.39, 0.29) is 5.78 Å². The van der Waals surface area contributed by atoms with Crippen LogP contribution in [0.15, 0.2) is 24.4 Å². The Balaban J connectivity index is 2.55. The van der Waals surface area contributed by atoms with Gasteiger partial charge >= 0.3 is 0 Å². The van der Waals surface area contributed by atoms with E-state index in [1.807, 2.05) is 0 Å². The summed E-state index contributed by atoms with van der Waals surface area (Å²) in [7, 11) is 6.25. The Bertz CT molecular complexity index is 634. The number of rotatable bonds is 5. The van der Waals surface area contributed by atoms with E-state index < -0.39 is 0 Å². The average molecular weight is 276 g/mol. The Hall–Kier alpha value is -2.50. The van der Waals surface area contributed by atoms with Crippen molar-refractivity contribution >= 4 is 5.78 Å². The first-order valence-corrected chi connectivity index (χ1v) is 5.95. The topological polar surface area (TPSA) is 62.6 Å². The summed E-state index contributed by atoms with van der Waals surface area (Å²) in [4.78, 5) is 12.5. The van der Waals surface area contributed by atoms with Crippen LogP contribution in [0.2, 0.25) is 0 Å². The van der Waals surface area contributed by atoms with Crippen LogP contribution in [0.25, 0.3) is 0 Å². The molecule has 106 valence electrons. The average Bonchev–Trinajstić information content (AvgIpc) is 2.91. The van der Waals surface area contributed by atoms with Crippen molar-refractivity contribution in [3.63, 3.8) is 0 Å². The van der Waals surface area contributed by atoms with Gasteiger partial charge in [-0.1, -0.05) is 0 Å². The molecule has 0 aliphatic carbocycles. The number of hydrogen-bond donors (Lipinski definition) is 0. The van der Waals surface area contributed by atoms with Crippen LogP contribution in [-0.2, 0) is 7.05 Å². The quantitative estimate of drug-likeness (QED) is 0.777. The highest BCUT2D eigenvalue weighted by molar-refractivity contribution is 6.10. The summed E-state index contributed by atoms with van der Waals surface area (Å²) in [6.45, 7) is 0. The van der Waals surface area contributed by atoms with E-state index in [9.17, 15) is 4.79 Å². The molecule has 0 aliphatic heterocycles. The van der Waals surface area contributed by atoms with E-state index in [1.54, 1.807) is 31.4 Å². The first kappa shape index (κ1) is 13.9. The van der Waals surface area contributed by atoms with E-state index in [2.05, 4.69) is 5.10 Å². The molecule has 0 amide bonds. The molecule has 0 saturated carbocycles. The number of methoxy groups -OCH3 is 3. The summed E-state index contributed by atoms with van der Waals surface area (Å²) in [6, 6.07) is 4.88.